The first-order chi connectivity index (χ1) is 14.5. The van der Waals surface area contributed by atoms with Crippen LogP contribution in [0.25, 0.3) is 0 Å². The Bertz CT molecular complexity index is 1190. The summed E-state index contributed by atoms with van der Waals surface area (Å²) in [5, 5.41) is 3.26. The van der Waals surface area contributed by atoms with Crippen LogP contribution in [0.1, 0.15) is 25.8 Å². The molecule has 1 heterocycles. The molecule has 0 radical (unpaired) electrons. The van der Waals surface area contributed by atoms with Gasteiger partial charge in [0.1, 0.15) is 12.2 Å². The summed E-state index contributed by atoms with van der Waals surface area (Å²) in [5.74, 6) is -0.364. The van der Waals surface area contributed by atoms with Crippen molar-refractivity contribution < 1.29 is 59.7 Å². The largest absolute Gasteiger partial charge is 1.00 e. The Morgan fingerprint density at radius 3 is 2.38 bits per heavy atom. The van der Waals surface area contributed by atoms with Gasteiger partial charge in [0.05, 0.1) is 10.1 Å². The van der Waals surface area contributed by atoms with Gasteiger partial charge in [-0.15, -0.1) is 18.7 Å². The quantitative estimate of drug-likeness (QED) is 0.240. The third-order valence-electron chi connectivity index (χ3n) is 4.78. The molecule has 0 fully saturated rings. The molecule has 0 atom stereocenters. The van der Waals surface area contributed by atoms with E-state index >= 15 is 0 Å². The number of allylic oxidation sites excluding steroid dienone is 1. The number of para-hydroxylation sites is 1. The van der Waals surface area contributed by atoms with Gasteiger partial charge in [-0.1, -0.05) is 37.6 Å². The number of rotatable bonds is 7. The van der Waals surface area contributed by atoms with Crippen molar-refractivity contribution >= 4 is 37.8 Å². The van der Waals surface area contributed by atoms with Crippen molar-refractivity contribution in [2.24, 2.45) is 0 Å². The van der Waals surface area contributed by atoms with Gasteiger partial charge in [0.15, 0.2) is 5.71 Å². The van der Waals surface area contributed by atoms with Crippen LogP contribution in [0.3, 0.4) is 0 Å². The van der Waals surface area contributed by atoms with Gasteiger partial charge in [-0.3, -0.25) is 0 Å². The second-order valence-electron chi connectivity index (χ2n) is 7.27. The third kappa shape index (κ3) is 8.27. The zero-order valence-electron chi connectivity index (χ0n) is 18.1. The molecule has 0 saturated carbocycles. The predicted molar refractivity (Wildman–Crippen MR) is 116 cm³/mol. The van der Waals surface area contributed by atoms with Crippen molar-refractivity contribution in [2.45, 2.75) is 25.7 Å². The fourth-order valence-corrected chi connectivity index (χ4v) is 3.94. The molecule has 0 aromatic heterocycles. The van der Waals surface area contributed by atoms with Crippen LogP contribution in [-0.2, 0) is 26.1 Å². The summed E-state index contributed by atoms with van der Waals surface area (Å²) in [7, 11) is -7.33. The Morgan fingerprint density at radius 1 is 1.16 bits per heavy atom. The molecule has 166 valence electrons. The van der Waals surface area contributed by atoms with E-state index in [0.717, 1.165) is 22.6 Å². The SMILES string of the molecule is CC1(C)C(/C=C/Nc2ccccc2)=[N+](CCCS(=O)(=O)[O-])c2cc[c-]cc21.O=S(=O)=O.[Na+]. The summed E-state index contributed by atoms with van der Waals surface area (Å²) in [6.45, 7) is 4.73. The summed E-state index contributed by atoms with van der Waals surface area (Å²) < 4.78 is 60.4. The van der Waals surface area contributed by atoms with E-state index in [1.165, 1.54) is 0 Å². The van der Waals surface area contributed by atoms with E-state index in [9.17, 15) is 13.0 Å². The Kier molecular flexibility index (Phi) is 11.0. The van der Waals surface area contributed by atoms with Crippen LogP contribution in [0.5, 0.6) is 0 Å². The number of benzene rings is 2. The van der Waals surface area contributed by atoms with Crippen molar-refractivity contribution in [1.29, 1.82) is 0 Å². The average molecular weight is 487 g/mol. The molecule has 1 aliphatic rings. The molecule has 0 amide bonds. The van der Waals surface area contributed by atoms with E-state index in [2.05, 4.69) is 29.8 Å². The first-order valence-electron chi connectivity index (χ1n) is 9.36. The zero-order valence-corrected chi connectivity index (χ0v) is 21.7. The molecule has 3 rings (SSSR count). The molecule has 0 bridgehead atoms. The Balaban J connectivity index is 0.000000945. The minimum Gasteiger partial charge on any atom is -0.748 e. The molecular weight excluding hydrogens is 463 g/mol. The van der Waals surface area contributed by atoms with Crippen molar-refractivity contribution in [3.63, 3.8) is 0 Å². The van der Waals surface area contributed by atoms with Gasteiger partial charge in [-0.25, -0.2) is 13.0 Å². The predicted octanol–water partition coefficient (Wildman–Crippen LogP) is -0.576. The molecule has 1 N–H and O–H groups in total. The monoisotopic (exact) mass is 486 g/mol. The van der Waals surface area contributed by atoms with E-state index in [0.29, 0.717) is 6.54 Å². The van der Waals surface area contributed by atoms with E-state index in [1.54, 1.807) is 0 Å². The topological polar surface area (TPSA) is 123 Å². The molecule has 32 heavy (non-hydrogen) atoms. The van der Waals surface area contributed by atoms with Gasteiger partial charge < -0.3 is 9.87 Å². The molecule has 2 aromatic carbocycles. The number of hydrogen-bond acceptors (Lipinski definition) is 7. The Hall–Kier alpha value is -1.82. The van der Waals surface area contributed by atoms with Gasteiger partial charge in [0.25, 0.3) is 0 Å². The second-order valence-corrected chi connectivity index (χ2v) is 9.20. The van der Waals surface area contributed by atoms with Gasteiger partial charge in [0.2, 0.25) is 0 Å². The van der Waals surface area contributed by atoms with Crippen LogP contribution < -0.4 is 34.9 Å². The molecular formula is C21H23N2NaO6S2. The Labute approximate surface area is 212 Å². The molecule has 0 aliphatic carbocycles. The summed E-state index contributed by atoms with van der Waals surface area (Å²) in [5.41, 5.74) is 3.94. The van der Waals surface area contributed by atoms with E-state index in [1.807, 2.05) is 60.8 Å². The number of hydrogen-bond donors (Lipinski definition) is 1. The summed E-state index contributed by atoms with van der Waals surface area (Å²) in [6.07, 6.45) is 4.18. The second kappa shape index (κ2) is 12.4. The van der Waals surface area contributed by atoms with Gasteiger partial charge in [-0.05, 0) is 12.1 Å². The van der Waals surface area contributed by atoms with E-state index in [-0.39, 0.29) is 47.1 Å². The van der Waals surface area contributed by atoms with E-state index in [4.69, 9.17) is 12.6 Å². The molecule has 11 heteroatoms. The van der Waals surface area contributed by atoms with E-state index < -0.39 is 20.7 Å². The van der Waals surface area contributed by atoms with Gasteiger partial charge >= 0.3 is 40.2 Å². The first kappa shape index (κ1) is 28.2. The smallest absolute Gasteiger partial charge is 0.748 e. The molecule has 1 aliphatic heterocycles. The fraction of sp³-hybridized carbons (Fsp3) is 0.286. The minimum atomic E-state index is -4.21. The number of nitrogens with one attached hydrogen (secondary N) is 1. The normalized spacial score (nSPS) is 14.2. The molecule has 0 unspecified atom stereocenters. The molecule has 8 nitrogen and oxygen atoms in total. The maximum absolute atomic E-state index is 11.0. The summed E-state index contributed by atoms with van der Waals surface area (Å²) in [4.78, 5) is 0. The van der Waals surface area contributed by atoms with Crippen LogP contribution in [0, 0.1) is 6.07 Å². The fourth-order valence-electron chi connectivity index (χ4n) is 3.45. The zero-order chi connectivity index (χ0) is 23.1. The van der Waals surface area contributed by atoms with Crippen molar-refractivity contribution in [1.82, 2.24) is 0 Å². The van der Waals surface area contributed by atoms with Crippen LogP contribution >= 0.6 is 0 Å². The standard InChI is InChI=1S/C21H23N2O3S.Na.O3S/c1-21(2)18-11-6-7-12-19(18)23(15-8-16-27(24,25)26)20(21)13-14-22-17-9-4-3-5-10-17;;1-4(2)3/h3-5,7,9-14H,8,15-16H2,1-2H3,(H,24,25,26);;/q-1;+1;. The summed E-state index contributed by atoms with van der Waals surface area (Å²) >= 11 is 0. The van der Waals surface area contributed by atoms with Crippen LogP contribution in [0.4, 0.5) is 11.4 Å². The molecule has 2 aromatic rings. The van der Waals surface area contributed by atoms with Gasteiger partial charge in [0, 0.05) is 35.6 Å². The Morgan fingerprint density at radius 2 is 1.78 bits per heavy atom. The third-order valence-corrected chi connectivity index (χ3v) is 5.57. The first-order valence-corrected chi connectivity index (χ1v) is 11.9. The van der Waals surface area contributed by atoms with Crippen LogP contribution in [0.15, 0.2) is 60.8 Å². The van der Waals surface area contributed by atoms with Crippen LogP contribution in [0.2, 0.25) is 0 Å². The average Bonchev–Trinajstić information content (AvgIpc) is 2.89. The maximum atomic E-state index is 11.0. The summed E-state index contributed by atoms with van der Waals surface area (Å²) in [6, 6.07) is 18.8. The van der Waals surface area contributed by atoms with Crippen molar-refractivity contribution in [3.05, 3.63) is 72.4 Å². The number of nitrogens with zero attached hydrogens (tertiary/aromatic N) is 1. The number of anilines is 1. The minimum absolute atomic E-state index is 0. The van der Waals surface area contributed by atoms with Crippen molar-refractivity contribution in [2.75, 3.05) is 17.6 Å². The van der Waals surface area contributed by atoms with Crippen LogP contribution in [-0.4, -0.2) is 48.2 Å². The molecule has 0 spiro atoms. The molecule has 0 saturated heterocycles. The maximum Gasteiger partial charge on any atom is 1.00 e. The number of fused-ring (bicyclic) bond motifs is 1. The van der Waals surface area contributed by atoms with Gasteiger partial charge in [-0.2, -0.15) is 18.2 Å². The van der Waals surface area contributed by atoms with Crippen molar-refractivity contribution in [3.8, 4) is 0 Å².